The van der Waals surface area contributed by atoms with Crippen LogP contribution in [0.1, 0.15) is 31.2 Å². The van der Waals surface area contributed by atoms with E-state index in [1.165, 1.54) is 23.3 Å². The zero-order valence-corrected chi connectivity index (χ0v) is 17.1. The van der Waals surface area contributed by atoms with Crippen LogP contribution in [0.5, 0.6) is 0 Å². The molecule has 1 aliphatic rings. The summed E-state index contributed by atoms with van der Waals surface area (Å²) in [7, 11) is 1.33. The molecular formula is C23H20N2O4S. The lowest BCUT2D eigenvalue weighted by atomic mass is 9.93. The fourth-order valence-electron chi connectivity index (χ4n) is 3.58. The maximum absolute atomic E-state index is 13.3. The average Bonchev–Trinajstić information content (AvgIpc) is 3.32. The first kappa shape index (κ1) is 19.8. The highest BCUT2D eigenvalue weighted by atomic mass is 32.1. The Labute approximate surface area is 178 Å². The molecule has 0 saturated heterocycles. The molecule has 0 spiro atoms. The molecule has 2 aromatic carbocycles. The molecule has 6 nitrogen and oxygen atoms in total. The number of carbonyl (C=O) groups is 3. The Morgan fingerprint density at radius 3 is 2.57 bits per heavy atom. The number of benzene rings is 2. The van der Waals surface area contributed by atoms with E-state index in [0.29, 0.717) is 29.1 Å². The SMILES string of the molecule is COC(=O)C1Cc2ccccc2CN1C(=O)c1cccc(NC(=O)c2cccs2)c1. The zero-order valence-electron chi connectivity index (χ0n) is 16.3. The maximum Gasteiger partial charge on any atom is 0.328 e. The Kier molecular flexibility index (Phi) is 5.63. The molecule has 1 unspecified atom stereocenters. The normalized spacial score (nSPS) is 15.2. The van der Waals surface area contributed by atoms with E-state index in [0.717, 1.165) is 11.1 Å². The van der Waals surface area contributed by atoms with Crippen LogP contribution in [0.3, 0.4) is 0 Å². The number of nitrogens with zero attached hydrogens (tertiary/aromatic N) is 1. The van der Waals surface area contributed by atoms with Gasteiger partial charge in [0.25, 0.3) is 11.8 Å². The van der Waals surface area contributed by atoms with Gasteiger partial charge >= 0.3 is 5.97 Å². The van der Waals surface area contributed by atoms with Gasteiger partial charge in [-0.2, -0.15) is 0 Å². The van der Waals surface area contributed by atoms with Crippen molar-refractivity contribution in [3.05, 3.63) is 87.6 Å². The number of hydrogen-bond acceptors (Lipinski definition) is 5. The Morgan fingerprint density at radius 2 is 1.83 bits per heavy atom. The fourth-order valence-corrected chi connectivity index (χ4v) is 4.20. The Bertz CT molecular complexity index is 1090. The molecule has 0 fully saturated rings. The summed E-state index contributed by atoms with van der Waals surface area (Å²) in [4.78, 5) is 40.2. The third-order valence-corrected chi connectivity index (χ3v) is 5.96. The topological polar surface area (TPSA) is 75.7 Å². The third-order valence-electron chi connectivity index (χ3n) is 5.10. The van der Waals surface area contributed by atoms with Crippen LogP contribution in [0, 0.1) is 0 Å². The second-order valence-electron chi connectivity index (χ2n) is 6.96. The highest BCUT2D eigenvalue weighted by molar-refractivity contribution is 7.12. The van der Waals surface area contributed by atoms with Crippen molar-refractivity contribution in [2.45, 2.75) is 19.0 Å². The molecule has 1 aromatic heterocycles. The van der Waals surface area contributed by atoms with Crippen LogP contribution in [-0.2, 0) is 22.5 Å². The molecule has 0 radical (unpaired) electrons. The highest BCUT2D eigenvalue weighted by Crippen LogP contribution is 2.26. The number of rotatable bonds is 4. The van der Waals surface area contributed by atoms with Gasteiger partial charge in [0.2, 0.25) is 0 Å². The fraction of sp³-hybridized carbons (Fsp3) is 0.174. The van der Waals surface area contributed by atoms with Gasteiger partial charge in [0.15, 0.2) is 0 Å². The van der Waals surface area contributed by atoms with Crippen molar-refractivity contribution in [1.82, 2.24) is 4.90 Å². The van der Waals surface area contributed by atoms with Crippen molar-refractivity contribution >= 4 is 34.8 Å². The van der Waals surface area contributed by atoms with E-state index in [4.69, 9.17) is 4.74 Å². The van der Waals surface area contributed by atoms with E-state index >= 15 is 0 Å². The van der Waals surface area contributed by atoms with E-state index in [-0.39, 0.29) is 11.8 Å². The Balaban J connectivity index is 1.59. The molecule has 0 saturated carbocycles. The number of methoxy groups -OCH3 is 1. The summed E-state index contributed by atoms with van der Waals surface area (Å²) in [5.74, 6) is -0.957. The summed E-state index contributed by atoms with van der Waals surface area (Å²) in [6, 6.07) is 17.4. The zero-order chi connectivity index (χ0) is 21.1. The van der Waals surface area contributed by atoms with Crippen molar-refractivity contribution in [2.24, 2.45) is 0 Å². The van der Waals surface area contributed by atoms with Crippen molar-refractivity contribution in [3.8, 4) is 0 Å². The molecule has 152 valence electrons. The predicted molar refractivity (Wildman–Crippen MR) is 115 cm³/mol. The average molecular weight is 420 g/mol. The molecule has 0 aliphatic carbocycles. The van der Waals surface area contributed by atoms with Crippen LogP contribution < -0.4 is 5.32 Å². The van der Waals surface area contributed by atoms with Crippen molar-refractivity contribution < 1.29 is 19.1 Å². The van der Waals surface area contributed by atoms with E-state index in [2.05, 4.69) is 5.32 Å². The first-order chi connectivity index (χ1) is 14.6. The van der Waals surface area contributed by atoms with Gasteiger partial charge in [-0.05, 0) is 40.8 Å². The lowest BCUT2D eigenvalue weighted by molar-refractivity contribution is -0.146. The molecule has 0 bridgehead atoms. The highest BCUT2D eigenvalue weighted by Gasteiger charge is 2.35. The monoisotopic (exact) mass is 420 g/mol. The summed E-state index contributed by atoms with van der Waals surface area (Å²) < 4.78 is 4.95. The second-order valence-corrected chi connectivity index (χ2v) is 7.90. The van der Waals surface area contributed by atoms with E-state index in [1.807, 2.05) is 29.6 Å². The molecule has 2 heterocycles. The number of thiophene rings is 1. The molecule has 1 atom stereocenters. The van der Waals surface area contributed by atoms with Gasteiger partial charge < -0.3 is 15.0 Å². The van der Waals surface area contributed by atoms with Crippen LogP contribution >= 0.6 is 11.3 Å². The van der Waals surface area contributed by atoms with Crippen molar-refractivity contribution in [2.75, 3.05) is 12.4 Å². The number of fused-ring (bicyclic) bond motifs is 1. The molecule has 7 heteroatoms. The summed E-state index contributed by atoms with van der Waals surface area (Å²) >= 11 is 1.34. The van der Waals surface area contributed by atoms with Crippen LogP contribution in [-0.4, -0.2) is 35.8 Å². The summed E-state index contributed by atoms with van der Waals surface area (Å²) in [5, 5.41) is 4.64. The molecular weight excluding hydrogens is 400 g/mol. The minimum absolute atomic E-state index is 0.228. The second kappa shape index (κ2) is 8.51. The molecule has 3 aromatic rings. The smallest absolute Gasteiger partial charge is 0.328 e. The van der Waals surface area contributed by atoms with E-state index < -0.39 is 12.0 Å². The molecule has 1 aliphatic heterocycles. The predicted octanol–water partition coefficient (Wildman–Crippen LogP) is 3.74. The lowest BCUT2D eigenvalue weighted by Crippen LogP contribution is -2.49. The quantitative estimate of drug-likeness (QED) is 0.653. The van der Waals surface area contributed by atoms with Gasteiger partial charge in [0.1, 0.15) is 6.04 Å². The first-order valence-electron chi connectivity index (χ1n) is 9.47. The standard InChI is InChI=1S/C23H20N2O4S/c1-29-23(28)19-13-15-6-2-3-7-17(15)14-25(19)22(27)16-8-4-9-18(12-16)24-21(26)20-10-5-11-30-20/h2-12,19H,13-14H2,1H3,(H,24,26). The van der Waals surface area contributed by atoms with Gasteiger partial charge in [-0.1, -0.05) is 36.4 Å². The van der Waals surface area contributed by atoms with Gasteiger partial charge in [-0.3, -0.25) is 9.59 Å². The number of anilines is 1. The Hall–Kier alpha value is -3.45. The van der Waals surface area contributed by atoms with Gasteiger partial charge in [-0.25, -0.2) is 4.79 Å². The van der Waals surface area contributed by atoms with Gasteiger partial charge in [-0.15, -0.1) is 11.3 Å². The number of hydrogen-bond donors (Lipinski definition) is 1. The number of nitrogens with one attached hydrogen (secondary N) is 1. The molecule has 30 heavy (non-hydrogen) atoms. The minimum atomic E-state index is -0.693. The number of esters is 1. The van der Waals surface area contributed by atoms with Crippen molar-refractivity contribution in [1.29, 1.82) is 0 Å². The maximum atomic E-state index is 13.3. The van der Waals surface area contributed by atoms with Crippen LogP contribution in [0.4, 0.5) is 5.69 Å². The van der Waals surface area contributed by atoms with E-state index in [9.17, 15) is 14.4 Å². The largest absolute Gasteiger partial charge is 0.467 e. The summed E-state index contributed by atoms with van der Waals surface area (Å²) in [6.07, 6.45) is 0.406. The summed E-state index contributed by atoms with van der Waals surface area (Å²) in [5.41, 5.74) is 2.96. The Morgan fingerprint density at radius 1 is 1.03 bits per heavy atom. The number of carbonyl (C=O) groups excluding carboxylic acids is 3. The number of ether oxygens (including phenoxy) is 1. The van der Waals surface area contributed by atoms with Crippen LogP contribution in [0.25, 0.3) is 0 Å². The van der Waals surface area contributed by atoms with Gasteiger partial charge in [0, 0.05) is 24.2 Å². The van der Waals surface area contributed by atoms with Gasteiger partial charge in [0.05, 0.1) is 12.0 Å². The molecule has 4 rings (SSSR count). The third kappa shape index (κ3) is 3.97. The summed E-state index contributed by atoms with van der Waals surface area (Å²) in [6.45, 7) is 0.320. The lowest BCUT2D eigenvalue weighted by Gasteiger charge is -2.35. The molecule has 1 N–H and O–H groups in total. The minimum Gasteiger partial charge on any atom is -0.467 e. The van der Waals surface area contributed by atoms with E-state index in [1.54, 1.807) is 36.4 Å². The van der Waals surface area contributed by atoms with Crippen molar-refractivity contribution in [3.63, 3.8) is 0 Å². The van der Waals surface area contributed by atoms with Crippen LogP contribution in [0.15, 0.2) is 66.0 Å². The molecule has 2 amide bonds. The number of amides is 2. The first-order valence-corrected chi connectivity index (χ1v) is 10.4. The van der Waals surface area contributed by atoms with Crippen LogP contribution in [0.2, 0.25) is 0 Å².